The van der Waals surface area contributed by atoms with Crippen LogP contribution in [0.2, 0.25) is 0 Å². The van der Waals surface area contributed by atoms with Gasteiger partial charge in [0.1, 0.15) is 24.2 Å². The first kappa shape index (κ1) is 22.4. The molecule has 0 aromatic heterocycles. The number of carbonyl (C=O) groups excluding carboxylic acids is 1. The molecule has 5 heteroatoms. The molecule has 2 aliphatic rings. The molecule has 1 unspecified atom stereocenters. The van der Waals surface area contributed by atoms with Crippen LogP contribution in [0.1, 0.15) is 69.9 Å². The van der Waals surface area contributed by atoms with E-state index in [1.807, 2.05) is 19.1 Å². The van der Waals surface area contributed by atoms with E-state index >= 15 is 0 Å². The van der Waals surface area contributed by atoms with Crippen LogP contribution >= 0.6 is 0 Å². The lowest BCUT2D eigenvalue weighted by atomic mass is 9.73. The molecule has 0 bridgehead atoms. The molecule has 1 saturated heterocycles. The van der Waals surface area contributed by atoms with Crippen molar-refractivity contribution in [2.75, 3.05) is 13.2 Å². The quantitative estimate of drug-likeness (QED) is 0.175. The van der Waals surface area contributed by atoms with Crippen molar-refractivity contribution in [1.29, 1.82) is 0 Å². The van der Waals surface area contributed by atoms with E-state index in [0.29, 0.717) is 17.9 Å². The minimum atomic E-state index is -0.764. The van der Waals surface area contributed by atoms with Crippen LogP contribution in [0.3, 0.4) is 0 Å². The summed E-state index contributed by atoms with van der Waals surface area (Å²) in [6.07, 6.45) is 7.43. The van der Waals surface area contributed by atoms with Gasteiger partial charge in [-0.05, 0) is 63.1 Å². The molecule has 1 aromatic rings. The molecule has 30 heavy (non-hydrogen) atoms. The molecule has 1 N–H and O–H groups in total. The van der Waals surface area contributed by atoms with Crippen molar-refractivity contribution < 1.29 is 24.1 Å². The Hall–Kier alpha value is -2.27. The molecule has 1 heterocycles. The molecular formula is C25H34O5. The Bertz CT molecular complexity index is 806. The largest absolute Gasteiger partial charge is 0.513 e. The van der Waals surface area contributed by atoms with Gasteiger partial charge in [0.2, 0.25) is 0 Å². The highest BCUT2D eigenvalue weighted by molar-refractivity contribution is 5.66. The monoisotopic (exact) mass is 414 g/mol. The fourth-order valence-electron chi connectivity index (χ4n) is 4.16. The highest BCUT2D eigenvalue weighted by Crippen LogP contribution is 2.47. The summed E-state index contributed by atoms with van der Waals surface area (Å²) in [5, 5.41) is 11.0. The molecular weight excluding hydrogens is 380 g/mol. The second-order valence-corrected chi connectivity index (χ2v) is 8.63. The number of aryl methyl sites for hydroxylation is 1. The number of hydrogen-bond acceptors (Lipinski definition) is 5. The molecule has 1 fully saturated rings. The summed E-state index contributed by atoms with van der Waals surface area (Å²) in [5.41, 5.74) is 3.93. The predicted molar refractivity (Wildman–Crippen MR) is 117 cm³/mol. The zero-order valence-corrected chi connectivity index (χ0v) is 18.4. The predicted octanol–water partition coefficient (Wildman–Crippen LogP) is 6.06. The Balaban J connectivity index is 1.92. The van der Waals surface area contributed by atoms with Crippen molar-refractivity contribution >= 4 is 6.16 Å². The van der Waals surface area contributed by atoms with Crippen molar-refractivity contribution in [2.45, 2.75) is 71.3 Å². The van der Waals surface area contributed by atoms with E-state index in [1.54, 1.807) is 0 Å². The normalized spacial score (nSPS) is 22.9. The summed E-state index contributed by atoms with van der Waals surface area (Å²) in [7, 11) is 0. The first-order valence-electron chi connectivity index (χ1n) is 11.0. The van der Waals surface area contributed by atoms with Gasteiger partial charge in [0.25, 0.3) is 0 Å². The van der Waals surface area contributed by atoms with Gasteiger partial charge in [0.15, 0.2) is 0 Å². The molecule has 164 valence electrons. The van der Waals surface area contributed by atoms with Gasteiger partial charge in [-0.1, -0.05) is 43.6 Å². The fourth-order valence-corrected chi connectivity index (χ4v) is 4.16. The third-order valence-electron chi connectivity index (χ3n) is 5.95. The van der Waals surface area contributed by atoms with Gasteiger partial charge in [0.05, 0.1) is 6.61 Å². The molecule has 1 aromatic carbocycles. The second kappa shape index (κ2) is 10.2. The van der Waals surface area contributed by atoms with Crippen molar-refractivity contribution in [3.63, 3.8) is 0 Å². The number of ether oxygens (including phenoxy) is 3. The average molecular weight is 415 g/mol. The van der Waals surface area contributed by atoms with Crippen LogP contribution in [-0.2, 0) is 15.9 Å². The van der Waals surface area contributed by atoms with Crippen LogP contribution in [0.4, 0.5) is 4.79 Å². The fraction of sp³-hybridized carbons (Fsp3) is 0.560. The highest BCUT2D eigenvalue weighted by Gasteiger charge is 2.32. The minimum absolute atomic E-state index is 0.0254. The number of phenols is 1. The molecule has 5 nitrogen and oxygen atoms in total. The third kappa shape index (κ3) is 5.88. The Labute approximate surface area is 179 Å². The summed E-state index contributed by atoms with van der Waals surface area (Å²) in [6, 6.07) is 3.70. The molecule has 0 amide bonds. The maximum atomic E-state index is 12.3. The average Bonchev–Trinajstić information content (AvgIpc) is 3.50. The van der Waals surface area contributed by atoms with Crippen molar-refractivity contribution in [3.8, 4) is 11.5 Å². The van der Waals surface area contributed by atoms with Gasteiger partial charge in [-0.2, -0.15) is 0 Å². The van der Waals surface area contributed by atoms with Crippen LogP contribution < -0.4 is 4.74 Å². The Morgan fingerprint density at radius 3 is 2.77 bits per heavy atom. The topological polar surface area (TPSA) is 68.3 Å². The summed E-state index contributed by atoms with van der Waals surface area (Å²) < 4.78 is 15.9. The van der Waals surface area contributed by atoms with E-state index in [4.69, 9.17) is 14.2 Å². The third-order valence-corrected chi connectivity index (χ3v) is 5.95. The molecule has 3 atom stereocenters. The smallest absolute Gasteiger partial charge is 0.507 e. The number of phenolic OH excluding ortho intramolecular Hbond substituents is 1. The summed E-state index contributed by atoms with van der Waals surface area (Å²) in [6.45, 7) is 11.2. The number of carbonyl (C=O) groups is 1. The SMILES string of the molecule is C=C(C)[C@@H]1CCC(C)=C[C@H]1c1c(O)cc(CCCCC)cc1OC(=O)OCC1CO1. The van der Waals surface area contributed by atoms with Crippen LogP contribution in [0.25, 0.3) is 0 Å². The Morgan fingerprint density at radius 2 is 2.10 bits per heavy atom. The number of allylic oxidation sites excluding steroid dienone is 3. The van der Waals surface area contributed by atoms with Gasteiger partial charge in [-0.15, -0.1) is 0 Å². The second-order valence-electron chi connectivity index (χ2n) is 8.63. The van der Waals surface area contributed by atoms with Crippen LogP contribution in [0.5, 0.6) is 11.5 Å². The van der Waals surface area contributed by atoms with E-state index < -0.39 is 6.16 Å². The van der Waals surface area contributed by atoms with E-state index in [2.05, 4.69) is 26.5 Å². The number of unbranched alkanes of at least 4 members (excludes halogenated alkanes) is 2. The number of epoxide rings is 1. The molecule has 0 radical (unpaired) electrons. The van der Waals surface area contributed by atoms with Crippen LogP contribution in [0.15, 0.2) is 35.9 Å². The van der Waals surface area contributed by atoms with Crippen LogP contribution in [-0.4, -0.2) is 30.6 Å². The van der Waals surface area contributed by atoms with Gasteiger partial charge >= 0.3 is 6.16 Å². The van der Waals surface area contributed by atoms with E-state index in [-0.39, 0.29) is 30.3 Å². The molecule has 1 aliphatic heterocycles. The molecule has 1 aliphatic carbocycles. The molecule has 0 spiro atoms. The Morgan fingerprint density at radius 1 is 1.33 bits per heavy atom. The van der Waals surface area contributed by atoms with Crippen LogP contribution in [0, 0.1) is 5.92 Å². The lowest BCUT2D eigenvalue weighted by Gasteiger charge is -2.32. The molecule has 3 rings (SSSR count). The first-order chi connectivity index (χ1) is 14.4. The summed E-state index contributed by atoms with van der Waals surface area (Å²) in [5.74, 6) is 0.643. The molecule has 0 saturated carbocycles. The van der Waals surface area contributed by atoms with Gasteiger partial charge < -0.3 is 19.3 Å². The lowest BCUT2D eigenvalue weighted by Crippen LogP contribution is -2.20. The minimum Gasteiger partial charge on any atom is -0.507 e. The van der Waals surface area contributed by atoms with Gasteiger partial charge in [0, 0.05) is 11.5 Å². The number of aromatic hydroxyl groups is 1. The zero-order chi connectivity index (χ0) is 21.7. The number of rotatable bonds is 9. The maximum Gasteiger partial charge on any atom is 0.513 e. The summed E-state index contributed by atoms with van der Waals surface area (Å²) >= 11 is 0. The van der Waals surface area contributed by atoms with E-state index in [1.165, 1.54) is 5.57 Å². The highest BCUT2D eigenvalue weighted by atomic mass is 16.7. The zero-order valence-electron chi connectivity index (χ0n) is 18.4. The van der Waals surface area contributed by atoms with Crippen molar-refractivity contribution in [2.24, 2.45) is 5.92 Å². The van der Waals surface area contributed by atoms with Gasteiger partial charge in [-0.25, -0.2) is 4.79 Å². The van der Waals surface area contributed by atoms with Gasteiger partial charge in [-0.3, -0.25) is 0 Å². The summed E-state index contributed by atoms with van der Waals surface area (Å²) in [4.78, 5) is 12.3. The maximum absolute atomic E-state index is 12.3. The standard InChI is InChI=1S/C25H34O5/c1-5-6-7-8-18-12-22(26)24(21-11-17(4)9-10-20(21)16(2)3)23(13-18)30-25(27)29-15-19-14-28-19/h11-13,19-21,26H,2,5-10,14-15H2,1,3-4H3/t19?,20-,21+/m0/s1. The Kier molecular flexibility index (Phi) is 7.59. The lowest BCUT2D eigenvalue weighted by molar-refractivity contribution is 0.0913. The number of benzene rings is 1. The number of hydrogen-bond donors (Lipinski definition) is 1. The first-order valence-corrected chi connectivity index (χ1v) is 11.0. The van der Waals surface area contributed by atoms with E-state index in [9.17, 15) is 9.90 Å². The van der Waals surface area contributed by atoms with E-state index in [0.717, 1.165) is 49.7 Å². The van der Waals surface area contributed by atoms with Crippen molar-refractivity contribution in [1.82, 2.24) is 0 Å². The van der Waals surface area contributed by atoms with Crippen molar-refractivity contribution in [3.05, 3.63) is 47.1 Å².